The van der Waals surface area contributed by atoms with E-state index in [2.05, 4.69) is 11.4 Å². The molecule has 0 unspecified atom stereocenters. The van der Waals surface area contributed by atoms with Gasteiger partial charge in [0.2, 0.25) is 11.8 Å². The summed E-state index contributed by atoms with van der Waals surface area (Å²) in [6.45, 7) is -0.220. The molecule has 3 aliphatic rings. The molecule has 0 bridgehead atoms. The molecular weight excluding hydrogens is 528 g/mol. The highest BCUT2D eigenvalue weighted by molar-refractivity contribution is 7.92. The predicted octanol–water partition coefficient (Wildman–Crippen LogP) is 3.78. The zero-order valence-corrected chi connectivity index (χ0v) is 21.3. The highest BCUT2D eigenvalue weighted by atomic mass is 35.5. The zero-order chi connectivity index (χ0) is 25.9. The third-order valence-electron chi connectivity index (χ3n) is 7.35. The number of carbonyl (C=O) groups is 2. The number of benzene rings is 2. The van der Waals surface area contributed by atoms with E-state index in [9.17, 15) is 27.7 Å². The smallest absolute Gasteiger partial charge is 0.244 e. The van der Waals surface area contributed by atoms with Gasteiger partial charge in [-0.25, -0.2) is 12.8 Å². The number of sulfone groups is 1. The Morgan fingerprint density at radius 1 is 1.08 bits per heavy atom. The lowest BCUT2D eigenvalue weighted by Gasteiger charge is -2.29. The van der Waals surface area contributed by atoms with E-state index in [1.165, 1.54) is 4.90 Å². The van der Waals surface area contributed by atoms with Crippen molar-refractivity contribution in [3.05, 3.63) is 63.9 Å². The molecule has 1 aliphatic heterocycles. The summed E-state index contributed by atoms with van der Waals surface area (Å²) in [6.07, 6.45) is 1.95. The van der Waals surface area contributed by atoms with Crippen molar-refractivity contribution < 1.29 is 22.4 Å². The molecule has 0 radical (unpaired) electrons. The topological polar surface area (TPSA) is 107 Å². The van der Waals surface area contributed by atoms with Gasteiger partial charge in [-0.1, -0.05) is 35.3 Å². The molecule has 1 heterocycles. The number of nitrogens with zero attached hydrogens (tertiary/aromatic N) is 2. The molecule has 5 rings (SSSR count). The molecule has 188 valence electrons. The van der Waals surface area contributed by atoms with Crippen molar-refractivity contribution in [3.8, 4) is 6.07 Å². The first-order valence-corrected chi connectivity index (χ1v) is 13.8. The number of rotatable bonds is 6. The van der Waals surface area contributed by atoms with Gasteiger partial charge in [0.25, 0.3) is 0 Å². The minimum Gasteiger partial charge on any atom is -0.336 e. The van der Waals surface area contributed by atoms with E-state index in [1.54, 1.807) is 24.3 Å². The number of hydrogen-bond acceptors (Lipinski definition) is 5. The van der Waals surface area contributed by atoms with Crippen LogP contribution in [-0.4, -0.2) is 48.5 Å². The average molecular weight is 550 g/mol. The van der Waals surface area contributed by atoms with Crippen LogP contribution in [0.4, 0.5) is 4.39 Å². The maximum atomic E-state index is 13.9. The third kappa shape index (κ3) is 4.25. The minimum atomic E-state index is -4.10. The molecule has 7 nitrogen and oxygen atoms in total. The summed E-state index contributed by atoms with van der Waals surface area (Å²) in [4.78, 5) is 28.2. The number of nitrogens with one attached hydrogen (secondary N) is 1. The first-order chi connectivity index (χ1) is 17.0. The standard InChI is InChI=1S/C25H22Cl2FN3O4S/c26-16-3-1-15(2-4-16)25(9-10-25)23(33)31-13-18(12-20(31)22(32)30-24(14-29)7-8-24)36(34,35)21-6-5-17(28)11-19(21)27/h1-6,11,18,20H,7-10,12-13H2,(H,30,32)/t18-,20+/m1/s1. The van der Waals surface area contributed by atoms with Crippen LogP contribution in [0.5, 0.6) is 0 Å². The van der Waals surface area contributed by atoms with Gasteiger partial charge in [-0.05, 0) is 68.0 Å². The largest absolute Gasteiger partial charge is 0.336 e. The summed E-state index contributed by atoms with van der Waals surface area (Å²) in [5.41, 5.74) is -1.09. The van der Waals surface area contributed by atoms with Crippen molar-refractivity contribution in [2.24, 2.45) is 0 Å². The van der Waals surface area contributed by atoms with E-state index >= 15 is 0 Å². The molecule has 11 heteroatoms. The van der Waals surface area contributed by atoms with Gasteiger partial charge in [0.05, 0.1) is 26.7 Å². The van der Waals surface area contributed by atoms with Crippen molar-refractivity contribution in [1.82, 2.24) is 10.2 Å². The Labute approximate surface area is 218 Å². The Balaban J connectivity index is 1.48. The van der Waals surface area contributed by atoms with Gasteiger partial charge in [-0.3, -0.25) is 9.59 Å². The van der Waals surface area contributed by atoms with E-state index in [4.69, 9.17) is 23.2 Å². The van der Waals surface area contributed by atoms with Gasteiger partial charge in [0.1, 0.15) is 17.4 Å². The normalized spacial score (nSPS) is 23.6. The first-order valence-electron chi connectivity index (χ1n) is 11.5. The summed E-state index contributed by atoms with van der Waals surface area (Å²) in [5.74, 6) is -1.57. The summed E-state index contributed by atoms with van der Waals surface area (Å²) >= 11 is 12.1. The second-order valence-electron chi connectivity index (χ2n) is 9.72. The lowest BCUT2D eigenvalue weighted by atomic mass is 9.94. The highest BCUT2D eigenvalue weighted by Crippen LogP contribution is 2.51. The van der Waals surface area contributed by atoms with Gasteiger partial charge >= 0.3 is 0 Å². The summed E-state index contributed by atoms with van der Waals surface area (Å²) in [5, 5.41) is 11.3. The molecular formula is C25H22Cl2FN3O4S. The number of amides is 2. The van der Waals surface area contributed by atoms with Crippen LogP contribution in [0.15, 0.2) is 47.4 Å². The van der Waals surface area contributed by atoms with Crippen LogP contribution in [-0.2, 0) is 24.8 Å². The molecule has 1 saturated heterocycles. The van der Waals surface area contributed by atoms with Crippen LogP contribution in [0.3, 0.4) is 0 Å². The molecule has 0 aromatic heterocycles. The lowest BCUT2D eigenvalue weighted by molar-refractivity contribution is -0.140. The van der Waals surface area contributed by atoms with E-state index in [0.29, 0.717) is 30.7 Å². The van der Waals surface area contributed by atoms with Gasteiger partial charge < -0.3 is 10.2 Å². The maximum absolute atomic E-state index is 13.9. The molecule has 0 spiro atoms. The molecule has 3 fully saturated rings. The molecule has 2 amide bonds. The number of likely N-dealkylation sites (tertiary alicyclic amines) is 1. The Morgan fingerprint density at radius 3 is 2.31 bits per heavy atom. The quantitative estimate of drug-likeness (QED) is 0.551. The number of carbonyl (C=O) groups excluding carboxylic acids is 2. The van der Waals surface area contributed by atoms with Gasteiger partial charge in [0, 0.05) is 11.6 Å². The number of nitriles is 1. The molecule has 36 heavy (non-hydrogen) atoms. The Hall–Kier alpha value is -2.67. The maximum Gasteiger partial charge on any atom is 0.244 e. The van der Waals surface area contributed by atoms with Crippen molar-refractivity contribution in [1.29, 1.82) is 5.26 Å². The number of hydrogen-bond donors (Lipinski definition) is 1. The Morgan fingerprint density at radius 2 is 1.75 bits per heavy atom. The van der Waals surface area contributed by atoms with E-state index < -0.39 is 43.8 Å². The lowest BCUT2D eigenvalue weighted by Crippen LogP contribution is -2.51. The summed E-state index contributed by atoms with van der Waals surface area (Å²) in [6, 6.07) is 10.9. The fourth-order valence-corrected chi connectivity index (χ4v) is 7.24. The Kier molecular flexibility index (Phi) is 6.05. The summed E-state index contributed by atoms with van der Waals surface area (Å²) < 4.78 is 40.5. The second-order valence-corrected chi connectivity index (χ2v) is 12.8. The first kappa shape index (κ1) is 25.0. The average Bonchev–Trinajstić information content (AvgIpc) is 3.75. The van der Waals surface area contributed by atoms with Crippen molar-refractivity contribution in [2.75, 3.05) is 6.54 Å². The van der Waals surface area contributed by atoms with Crippen molar-refractivity contribution in [2.45, 2.75) is 59.2 Å². The zero-order valence-electron chi connectivity index (χ0n) is 19.0. The van der Waals surface area contributed by atoms with Crippen molar-refractivity contribution >= 4 is 44.9 Å². The fourth-order valence-electron chi connectivity index (χ4n) is 4.88. The summed E-state index contributed by atoms with van der Waals surface area (Å²) in [7, 11) is -4.10. The molecule has 2 aromatic rings. The molecule has 2 aromatic carbocycles. The van der Waals surface area contributed by atoms with Gasteiger partial charge in [0.15, 0.2) is 9.84 Å². The predicted molar refractivity (Wildman–Crippen MR) is 131 cm³/mol. The molecule has 2 atom stereocenters. The van der Waals surface area contributed by atoms with Crippen LogP contribution in [0, 0.1) is 17.1 Å². The van der Waals surface area contributed by atoms with Crippen LogP contribution in [0.2, 0.25) is 10.0 Å². The van der Waals surface area contributed by atoms with E-state index in [1.807, 2.05) is 0 Å². The van der Waals surface area contributed by atoms with Crippen molar-refractivity contribution in [3.63, 3.8) is 0 Å². The monoisotopic (exact) mass is 549 g/mol. The van der Waals surface area contributed by atoms with Crippen LogP contribution in [0.25, 0.3) is 0 Å². The molecule has 2 aliphatic carbocycles. The highest BCUT2D eigenvalue weighted by Gasteiger charge is 2.58. The van der Waals surface area contributed by atoms with Gasteiger partial charge in [-0.2, -0.15) is 5.26 Å². The number of halogens is 3. The third-order valence-corrected chi connectivity index (χ3v) is 10.2. The second kappa shape index (κ2) is 8.72. The SMILES string of the molecule is N#CC1(NC(=O)[C@@H]2C[C@@H](S(=O)(=O)c3ccc(F)cc3Cl)CN2C(=O)C2(c3ccc(Cl)cc3)CC2)CC1. The fraction of sp³-hybridized carbons (Fsp3) is 0.400. The van der Waals surface area contributed by atoms with Gasteiger partial charge in [-0.15, -0.1) is 0 Å². The van der Waals surface area contributed by atoms with Crippen LogP contribution >= 0.6 is 23.2 Å². The van der Waals surface area contributed by atoms with Crippen LogP contribution < -0.4 is 5.32 Å². The minimum absolute atomic E-state index is 0.161. The van der Waals surface area contributed by atoms with E-state index in [-0.39, 0.29) is 28.8 Å². The van der Waals surface area contributed by atoms with E-state index in [0.717, 1.165) is 23.8 Å². The Bertz CT molecular complexity index is 1400. The molecule has 1 N–H and O–H groups in total. The molecule has 2 saturated carbocycles. The van der Waals surface area contributed by atoms with Crippen LogP contribution in [0.1, 0.15) is 37.7 Å².